The lowest BCUT2D eigenvalue weighted by molar-refractivity contribution is 0.0521. The highest BCUT2D eigenvalue weighted by Gasteiger charge is 2.41. The van der Waals surface area contributed by atoms with E-state index in [0.717, 1.165) is 13.0 Å². The number of nitrogens with one attached hydrogen (secondary N) is 1. The zero-order chi connectivity index (χ0) is 26.1. The zero-order valence-corrected chi connectivity index (χ0v) is 20.3. The van der Waals surface area contributed by atoms with Crippen molar-refractivity contribution in [2.45, 2.75) is 25.0 Å². The van der Waals surface area contributed by atoms with Crippen LogP contribution in [0.3, 0.4) is 0 Å². The highest BCUT2D eigenvalue weighted by atomic mass is 35.5. The molecule has 2 bridgehead atoms. The number of nitrogens with zero attached hydrogens (tertiary/aromatic N) is 4. The molecule has 0 spiro atoms. The number of benzene rings is 1. The summed E-state index contributed by atoms with van der Waals surface area (Å²) in [6, 6.07) is 10.1. The molecule has 4 heterocycles. The quantitative estimate of drug-likeness (QED) is 0.421. The third-order valence-corrected chi connectivity index (χ3v) is 6.57. The van der Waals surface area contributed by atoms with Crippen molar-refractivity contribution in [3.8, 4) is 17.1 Å². The number of carbonyl (C=O) groups is 1. The Morgan fingerprint density at radius 1 is 1.27 bits per heavy atom. The summed E-state index contributed by atoms with van der Waals surface area (Å²) in [5.74, 6) is 0.562. The van der Waals surface area contributed by atoms with Crippen LogP contribution in [0.25, 0.3) is 11.3 Å². The lowest BCUT2D eigenvalue weighted by Crippen LogP contribution is -2.48. The number of anilines is 3. The molecule has 3 aromatic rings. The summed E-state index contributed by atoms with van der Waals surface area (Å²) in [6.07, 6.45) is -1.52. The van der Waals surface area contributed by atoms with Crippen molar-refractivity contribution in [1.29, 1.82) is 0 Å². The highest BCUT2D eigenvalue weighted by Crippen LogP contribution is 2.43. The van der Waals surface area contributed by atoms with Crippen molar-refractivity contribution in [3.05, 3.63) is 59.2 Å². The van der Waals surface area contributed by atoms with Gasteiger partial charge in [0.2, 0.25) is 5.88 Å². The zero-order valence-electron chi connectivity index (χ0n) is 19.5. The summed E-state index contributed by atoms with van der Waals surface area (Å²) in [5, 5.41) is 21.6. The predicted molar refractivity (Wildman–Crippen MR) is 135 cm³/mol. The number of aromatic nitrogens is 2. The number of aliphatic hydroxyl groups excluding tert-OH is 2. The molecule has 2 amide bonds. The molecule has 2 aromatic heterocycles. The number of carbonyl (C=O) groups excluding carboxylic acids is 1. The van der Waals surface area contributed by atoms with Gasteiger partial charge in [0.1, 0.15) is 12.7 Å². The Balaban J connectivity index is 1.45. The van der Waals surface area contributed by atoms with E-state index in [1.54, 1.807) is 23.1 Å². The number of alkyl halides is 2. The molecule has 3 N–H and O–H groups in total. The van der Waals surface area contributed by atoms with E-state index >= 15 is 0 Å². The Bertz CT molecular complexity index is 1310. The maximum absolute atomic E-state index is 13.5. The average Bonchev–Trinajstić information content (AvgIpc) is 3.32. The van der Waals surface area contributed by atoms with Gasteiger partial charge in [0.15, 0.2) is 5.82 Å². The lowest BCUT2D eigenvalue weighted by atomic mass is 10.1. The van der Waals surface area contributed by atoms with E-state index in [1.807, 2.05) is 0 Å². The van der Waals surface area contributed by atoms with Gasteiger partial charge in [-0.25, -0.2) is 23.5 Å². The summed E-state index contributed by atoms with van der Waals surface area (Å²) in [4.78, 5) is 25.9. The van der Waals surface area contributed by atoms with Crippen molar-refractivity contribution < 1.29 is 28.5 Å². The Morgan fingerprint density at radius 2 is 2.11 bits per heavy atom. The van der Waals surface area contributed by atoms with Gasteiger partial charge in [0.25, 0.3) is 6.43 Å². The molecule has 12 heteroatoms. The van der Waals surface area contributed by atoms with E-state index < -0.39 is 25.2 Å². The third kappa shape index (κ3) is 5.15. The average molecular weight is 532 g/mol. The molecule has 1 saturated heterocycles. The number of ether oxygens (including phenoxy) is 1. The van der Waals surface area contributed by atoms with Crippen LogP contribution in [0.15, 0.2) is 48.7 Å². The fourth-order valence-electron chi connectivity index (χ4n) is 4.49. The van der Waals surface area contributed by atoms with Crippen molar-refractivity contribution in [1.82, 2.24) is 9.97 Å². The van der Waals surface area contributed by atoms with E-state index in [-0.39, 0.29) is 24.1 Å². The van der Waals surface area contributed by atoms with Crippen LogP contribution in [0, 0.1) is 0 Å². The minimum absolute atomic E-state index is 0.140. The Kier molecular flexibility index (Phi) is 7.09. The third-order valence-electron chi connectivity index (χ3n) is 6.29. The van der Waals surface area contributed by atoms with Gasteiger partial charge in [-0.3, -0.25) is 4.90 Å². The molecule has 37 heavy (non-hydrogen) atoms. The maximum atomic E-state index is 13.5. The molecule has 2 aliphatic rings. The Morgan fingerprint density at radius 3 is 2.89 bits per heavy atom. The van der Waals surface area contributed by atoms with Gasteiger partial charge < -0.3 is 25.2 Å². The largest absolute Gasteiger partial charge is 0.475 e. The van der Waals surface area contributed by atoms with E-state index in [9.17, 15) is 18.7 Å². The second-order valence-electron chi connectivity index (χ2n) is 8.81. The van der Waals surface area contributed by atoms with Crippen LogP contribution in [-0.2, 0) is 0 Å². The second kappa shape index (κ2) is 10.4. The minimum atomic E-state index is -2.64. The fraction of sp³-hybridized carbons (Fsp3) is 0.320. The molecule has 0 aliphatic carbocycles. The SMILES string of the molecule is O=C(Nc1ccnc(OCC(O)CO)c1)N1c2nc(-c3cccc(C(F)F)c3)c(Cl)cc2N2CC[C@H]1C2. The normalized spacial score (nSPS) is 17.1. The minimum Gasteiger partial charge on any atom is -0.475 e. The number of hydrogen-bond donors (Lipinski definition) is 3. The number of rotatable bonds is 7. The number of fused-ring (bicyclic) bond motifs is 4. The molecule has 0 radical (unpaired) electrons. The van der Waals surface area contributed by atoms with Crippen molar-refractivity contribution in [2.75, 3.05) is 41.4 Å². The van der Waals surface area contributed by atoms with Gasteiger partial charge in [0, 0.05) is 42.2 Å². The van der Waals surface area contributed by atoms with Crippen LogP contribution in [-0.4, -0.2) is 64.7 Å². The monoisotopic (exact) mass is 531 g/mol. The van der Waals surface area contributed by atoms with E-state index in [2.05, 4.69) is 15.2 Å². The summed E-state index contributed by atoms with van der Waals surface area (Å²) in [7, 11) is 0. The first-order chi connectivity index (χ1) is 17.8. The predicted octanol–water partition coefficient (Wildman–Crippen LogP) is 4.10. The van der Waals surface area contributed by atoms with E-state index in [1.165, 1.54) is 30.5 Å². The lowest BCUT2D eigenvalue weighted by Gasteiger charge is -2.36. The summed E-state index contributed by atoms with van der Waals surface area (Å²) in [5.41, 5.74) is 1.70. The first-order valence-electron chi connectivity index (χ1n) is 11.7. The molecule has 9 nitrogen and oxygen atoms in total. The van der Waals surface area contributed by atoms with Gasteiger partial charge in [-0.1, -0.05) is 29.8 Å². The summed E-state index contributed by atoms with van der Waals surface area (Å²) < 4.78 is 32.0. The van der Waals surface area contributed by atoms with Crippen LogP contribution < -0.4 is 19.9 Å². The van der Waals surface area contributed by atoms with Gasteiger partial charge in [-0.15, -0.1) is 0 Å². The molecule has 194 valence electrons. The molecular weight excluding hydrogens is 508 g/mol. The number of aliphatic hydroxyl groups is 2. The second-order valence-corrected chi connectivity index (χ2v) is 9.21. The number of amides is 2. The number of hydrogen-bond acceptors (Lipinski definition) is 7. The smallest absolute Gasteiger partial charge is 0.327 e. The first-order valence-corrected chi connectivity index (χ1v) is 12.0. The number of urea groups is 1. The molecule has 1 unspecified atom stereocenters. The molecular formula is C25H24ClF2N5O4. The highest BCUT2D eigenvalue weighted by molar-refractivity contribution is 6.33. The molecule has 2 atom stereocenters. The van der Waals surface area contributed by atoms with Crippen molar-refractivity contribution in [2.24, 2.45) is 0 Å². The number of pyridine rings is 2. The topological polar surface area (TPSA) is 111 Å². The maximum Gasteiger partial charge on any atom is 0.327 e. The van der Waals surface area contributed by atoms with Crippen LogP contribution >= 0.6 is 11.6 Å². The van der Waals surface area contributed by atoms with Crippen molar-refractivity contribution in [3.63, 3.8) is 0 Å². The molecule has 1 fully saturated rings. The molecule has 1 aromatic carbocycles. The van der Waals surface area contributed by atoms with Crippen LogP contribution in [0.2, 0.25) is 5.02 Å². The molecule has 5 rings (SSSR count). The number of halogens is 3. The molecule has 2 aliphatic heterocycles. The fourth-order valence-corrected chi connectivity index (χ4v) is 4.75. The van der Waals surface area contributed by atoms with E-state index in [4.69, 9.17) is 26.4 Å². The van der Waals surface area contributed by atoms with Crippen molar-refractivity contribution >= 4 is 34.8 Å². The standard InChI is InChI=1S/C25H24ClF2N5O4/c26-19-10-20-24(31-22(19)14-2-1-3-15(8-14)23(27)28)33(17-5-7-32(20)11-17)25(36)30-16-4-6-29-21(9-16)37-13-18(35)12-34/h1-4,6,8-10,17-18,23,34-35H,5,7,11-13H2,(H,29,30,36)/t17-,18?/m0/s1. The van der Waals surface area contributed by atoms with E-state index in [0.29, 0.717) is 40.0 Å². The Labute approximate surface area is 216 Å². The summed E-state index contributed by atoms with van der Waals surface area (Å²) >= 11 is 6.55. The Hall–Kier alpha value is -3.54. The first kappa shape index (κ1) is 25.1. The molecule has 0 saturated carbocycles. The van der Waals surface area contributed by atoms with Crippen LogP contribution in [0.5, 0.6) is 5.88 Å². The van der Waals surface area contributed by atoms with Crippen LogP contribution in [0.1, 0.15) is 18.4 Å². The summed E-state index contributed by atoms with van der Waals surface area (Å²) in [6.45, 7) is 0.732. The van der Waals surface area contributed by atoms with Gasteiger partial charge in [-0.2, -0.15) is 0 Å². The van der Waals surface area contributed by atoms with Gasteiger partial charge in [0.05, 0.1) is 29.1 Å². The van der Waals surface area contributed by atoms with Gasteiger partial charge in [-0.05, 0) is 24.6 Å². The van der Waals surface area contributed by atoms with Crippen LogP contribution in [0.4, 0.5) is 30.8 Å². The van der Waals surface area contributed by atoms with Gasteiger partial charge >= 0.3 is 6.03 Å².